The fourth-order valence-electron chi connectivity index (χ4n) is 3.17. The van der Waals surface area contributed by atoms with Crippen molar-refractivity contribution in [3.8, 4) is 0 Å². The van der Waals surface area contributed by atoms with Crippen LogP contribution in [0.2, 0.25) is 0 Å². The maximum Gasteiger partial charge on any atom is 0.151 e. The highest BCUT2D eigenvalue weighted by Crippen LogP contribution is 2.26. The number of aliphatic hydroxyl groups is 1. The van der Waals surface area contributed by atoms with Crippen LogP contribution in [-0.2, 0) is 9.84 Å². The molecule has 120 valence electrons. The molecule has 4 atom stereocenters. The topological polar surface area (TPSA) is 79.5 Å². The van der Waals surface area contributed by atoms with Crippen molar-refractivity contribution in [1.82, 2.24) is 5.32 Å². The molecule has 5 nitrogen and oxygen atoms in total. The van der Waals surface area contributed by atoms with Crippen LogP contribution in [0.5, 0.6) is 0 Å². The number of furan rings is 1. The van der Waals surface area contributed by atoms with E-state index in [-0.39, 0.29) is 17.3 Å². The van der Waals surface area contributed by atoms with Gasteiger partial charge < -0.3 is 14.8 Å². The summed E-state index contributed by atoms with van der Waals surface area (Å²) in [7, 11) is -3.04. The molecule has 0 aromatic carbocycles. The minimum absolute atomic E-state index is 0.0208. The average Bonchev–Trinajstić information content (AvgIpc) is 2.91. The van der Waals surface area contributed by atoms with Gasteiger partial charge in [0.05, 0.1) is 11.5 Å². The molecule has 2 rings (SSSR count). The average molecular weight is 315 g/mol. The van der Waals surface area contributed by atoms with E-state index in [0.717, 1.165) is 25.7 Å². The number of aliphatic hydroxyl groups excluding tert-OH is 1. The molecule has 4 unspecified atom stereocenters. The first-order valence-corrected chi connectivity index (χ1v) is 9.49. The minimum atomic E-state index is -3.04. The standard InChI is InChI=1S/C15H25NO4S/c1-11(10-13(17)14-7-5-9-20-14)16-12-6-3-4-8-15(12)21(2,18)19/h5,7,9,11-13,15-17H,3-4,6,8,10H2,1-2H3. The third-order valence-electron chi connectivity index (χ3n) is 4.20. The van der Waals surface area contributed by atoms with Gasteiger partial charge in [0.2, 0.25) is 0 Å². The number of hydrogen-bond acceptors (Lipinski definition) is 5. The largest absolute Gasteiger partial charge is 0.467 e. The Labute approximate surface area is 126 Å². The van der Waals surface area contributed by atoms with E-state index in [1.807, 2.05) is 6.92 Å². The Hall–Kier alpha value is -0.850. The Balaban J connectivity index is 1.92. The van der Waals surface area contributed by atoms with Gasteiger partial charge in [0, 0.05) is 18.3 Å². The SMILES string of the molecule is CC(CC(O)c1ccco1)NC1CCCCC1S(C)(=O)=O. The molecule has 1 aliphatic carbocycles. The van der Waals surface area contributed by atoms with Crippen LogP contribution >= 0.6 is 0 Å². The van der Waals surface area contributed by atoms with Crippen LogP contribution < -0.4 is 5.32 Å². The van der Waals surface area contributed by atoms with E-state index in [0.29, 0.717) is 12.2 Å². The van der Waals surface area contributed by atoms with Crippen LogP contribution in [0.4, 0.5) is 0 Å². The van der Waals surface area contributed by atoms with Gasteiger partial charge in [-0.3, -0.25) is 0 Å². The first kappa shape index (κ1) is 16.5. The van der Waals surface area contributed by atoms with E-state index in [1.54, 1.807) is 12.1 Å². The van der Waals surface area contributed by atoms with Crippen molar-refractivity contribution in [1.29, 1.82) is 0 Å². The maximum absolute atomic E-state index is 11.9. The molecule has 0 aliphatic heterocycles. The molecule has 0 saturated heterocycles. The molecule has 0 amide bonds. The molecular weight excluding hydrogens is 290 g/mol. The fraction of sp³-hybridized carbons (Fsp3) is 0.733. The zero-order chi connectivity index (χ0) is 15.5. The second kappa shape index (κ2) is 6.94. The first-order valence-electron chi connectivity index (χ1n) is 7.54. The Morgan fingerprint density at radius 3 is 2.76 bits per heavy atom. The summed E-state index contributed by atoms with van der Waals surface area (Å²) in [4.78, 5) is 0. The second-order valence-electron chi connectivity index (χ2n) is 6.09. The lowest BCUT2D eigenvalue weighted by molar-refractivity contribution is 0.125. The zero-order valence-electron chi connectivity index (χ0n) is 12.7. The second-order valence-corrected chi connectivity index (χ2v) is 8.36. The van der Waals surface area contributed by atoms with Gasteiger partial charge in [-0.2, -0.15) is 0 Å². The van der Waals surface area contributed by atoms with Gasteiger partial charge in [-0.25, -0.2) is 8.42 Å². The van der Waals surface area contributed by atoms with Crippen molar-refractivity contribution < 1.29 is 17.9 Å². The van der Waals surface area contributed by atoms with E-state index in [4.69, 9.17) is 4.42 Å². The highest BCUT2D eigenvalue weighted by molar-refractivity contribution is 7.91. The molecule has 21 heavy (non-hydrogen) atoms. The molecule has 0 bridgehead atoms. The lowest BCUT2D eigenvalue weighted by Crippen LogP contribution is -2.49. The quantitative estimate of drug-likeness (QED) is 0.840. The lowest BCUT2D eigenvalue weighted by Gasteiger charge is -2.33. The minimum Gasteiger partial charge on any atom is -0.467 e. The van der Waals surface area contributed by atoms with E-state index in [1.165, 1.54) is 12.5 Å². The summed E-state index contributed by atoms with van der Waals surface area (Å²) in [5, 5.41) is 13.2. The van der Waals surface area contributed by atoms with Crippen molar-refractivity contribution in [2.45, 2.75) is 62.5 Å². The molecule has 1 aromatic heterocycles. The zero-order valence-corrected chi connectivity index (χ0v) is 13.5. The van der Waals surface area contributed by atoms with E-state index in [9.17, 15) is 13.5 Å². The van der Waals surface area contributed by atoms with E-state index >= 15 is 0 Å². The predicted molar refractivity (Wildman–Crippen MR) is 81.8 cm³/mol. The first-order chi connectivity index (χ1) is 9.88. The molecule has 1 fully saturated rings. The van der Waals surface area contributed by atoms with Gasteiger partial charge in [-0.15, -0.1) is 0 Å². The number of hydrogen-bond donors (Lipinski definition) is 2. The highest BCUT2D eigenvalue weighted by atomic mass is 32.2. The van der Waals surface area contributed by atoms with Crippen molar-refractivity contribution in [2.24, 2.45) is 0 Å². The van der Waals surface area contributed by atoms with Crippen molar-refractivity contribution in [3.63, 3.8) is 0 Å². The van der Waals surface area contributed by atoms with Gasteiger partial charge in [0.15, 0.2) is 9.84 Å². The molecule has 0 spiro atoms. The molecule has 0 radical (unpaired) electrons. The number of nitrogens with one attached hydrogen (secondary N) is 1. The smallest absolute Gasteiger partial charge is 0.151 e. The summed E-state index contributed by atoms with van der Waals surface area (Å²) < 4.78 is 29.0. The van der Waals surface area contributed by atoms with Gasteiger partial charge >= 0.3 is 0 Å². The third-order valence-corrected chi connectivity index (χ3v) is 5.86. The molecule has 2 N–H and O–H groups in total. The molecule has 6 heteroatoms. The van der Waals surface area contributed by atoms with Gasteiger partial charge in [-0.1, -0.05) is 12.8 Å². The van der Waals surface area contributed by atoms with Crippen LogP contribution in [0, 0.1) is 0 Å². The number of rotatable bonds is 6. The Morgan fingerprint density at radius 2 is 2.14 bits per heavy atom. The van der Waals surface area contributed by atoms with Crippen LogP contribution in [0.25, 0.3) is 0 Å². The van der Waals surface area contributed by atoms with Crippen molar-refractivity contribution in [3.05, 3.63) is 24.2 Å². The van der Waals surface area contributed by atoms with Gasteiger partial charge in [0.1, 0.15) is 11.9 Å². The van der Waals surface area contributed by atoms with E-state index < -0.39 is 15.9 Å². The van der Waals surface area contributed by atoms with Gasteiger partial charge in [0.25, 0.3) is 0 Å². The Bertz CT molecular complexity index is 526. The summed E-state index contributed by atoms with van der Waals surface area (Å²) >= 11 is 0. The molecule has 1 saturated carbocycles. The maximum atomic E-state index is 11.9. The van der Waals surface area contributed by atoms with Crippen molar-refractivity contribution >= 4 is 9.84 Å². The molecular formula is C15H25NO4S. The summed E-state index contributed by atoms with van der Waals surface area (Å²) in [6, 6.07) is 3.50. The lowest BCUT2D eigenvalue weighted by atomic mass is 9.93. The highest BCUT2D eigenvalue weighted by Gasteiger charge is 2.33. The third kappa shape index (κ3) is 4.56. The van der Waals surface area contributed by atoms with Crippen LogP contribution in [0.15, 0.2) is 22.8 Å². The van der Waals surface area contributed by atoms with Crippen LogP contribution in [-0.4, -0.2) is 37.1 Å². The normalized spacial score (nSPS) is 26.4. The van der Waals surface area contributed by atoms with Crippen LogP contribution in [0.1, 0.15) is 50.9 Å². The summed E-state index contributed by atoms with van der Waals surface area (Å²) in [5.74, 6) is 0.548. The molecule has 1 aliphatic rings. The summed E-state index contributed by atoms with van der Waals surface area (Å²) in [5.41, 5.74) is 0. The number of sulfone groups is 1. The van der Waals surface area contributed by atoms with Crippen LogP contribution in [0.3, 0.4) is 0 Å². The monoisotopic (exact) mass is 315 g/mol. The summed E-state index contributed by atoms with van der Waals surface area (Å²) in [6.07, 6.45) is 6.32. The molecule has 1 heterocycles. The van der Waals surface area contributed by atoms with E-state index in [2.05, 4.69) is 5.32 Å². The van der Waals surface area contributed by atoms with Crippen molar-refractivity contribution in [2.75, 3.05) is 6.26 Å². The Kier molecular flexibility index (Phi) is 5.46. The fourth-order valence-corrected chi connectivity index (χ4v) is 4.57. The van der Waals surface area contributed by atoms with Gasteiger partial charge in [-0.05, 0) is 38.3 Å². The predicted octanol–water partition coefficient (Wildman–Crippen LogP) is 2.04. The molecule has 1 aromatic rings. The Morgan fingerprint density at radius 1 is 1.43 bits per heavy atom. The summed E-state index contributed by atoms with van der Waals surface area (Å²) in [6.45, 7) is 1.97.